The quantitative estimate of drug-likeness (QED) is 0.357. The highest BCUT2D eigenvalue weighted by atomic mass is 19.4. The van der Waals surface area contributed by atoms with Crippen molar-refractivity contribution in [3.8, 4) is 23.2 Å². The molecular weight excluding hydrogens is 537 g/mol. The number of aliphatic hydroxyl groups excluding tert-OH is 1. The van der Waals surface area contributed by atoms with Gasteiger partial charge >= 0.3 is 6.18 Å². The summed E-state index contributed by atoms with van der Waals surface area (Å²) in [5, 5.41) is 21.7. The normalized spacial score (nSPS) is 15.6. The molecule has 0 aliphatic carbocycles. The van der Waals surface area contributed by atoms with Crippen LogP contribution in [-0.2, 0) is 16.4 Å². The first-order chi connectivity index (χ1) is 19.6. The van der Waals surface area contributed by atoms with Gasteiger partial charge in [0.05, 0.1) is 46.7 Å². The summed E-state index contributed by atoms with van der Waals surface area (Å²) in [4.78, 5) is 24.4. The summed E-state index contributed by atoms with van der Waals surface area (Å²) in [5.41, 5.74) is 6.17. The van der Waals surface area contributed by atoms with Gasteiger partial charge in [-0.1, -0.05) is 6.07 Å². The van der Waals surface area contributed by atoms with Crippen molar-refractivity contribution in [2.45, 2.75) is 37.4 Å². The first-order valence-corrected chi connectivity index (χ1v) is 13.2. The van der Waals surface area contributed by atoms with Gasteiger partial charge in [-0.15, -0.1) is 0 Å². The number of nitrogens with one attached hydrogen (secondary N) is 1. The molecule has 1 fully saturated rings. The third-order valence-electron chi connectivity index (χ3n) is 7.24. The number of pyridine rings is 2. The molecule has 3 aromatic rings. The van der Waals surface area contributed by atoms with Gasteiger partial charge in [-0.05, 0) is 61.7 Å². The van der Waals surface area contributed by atoms with E-state index in [1.807, 2.05) is 30.0 Å². The molecule has 1 atom stereocenters. The number of amides is 1. The molecule has 1 unspecified atom stereocenters. The number of carbonyl (C=O) groups excluding carboxylic acids is 1. The maximum Gasteiger partial charge on any atom is 0.416 e. The number of rotatable bonds is 9. The van der Waals surface area contributed by atoms with E-state index in [9.17, 15) is 28.3 Å². The van der Waals surface area contributed by atoms with Crippen molar-refractivity contribution in [3.63, 3.8) is 0 Å². The van der Waals surface area contributed by atoms with Crippen LogP contribution in [0.2, 0.25) is 0 Å². The largest absolute Gasteiger partial charge is 0.477 e. The van der Waals surface area contributed by atoms with Gasteiger partial charge < -0.3 is 25.8 Å². The van der Waals surface area contributed by atoms with E-state index in [1.54, 1.807) is 24.5 Å². The second kappa shape index (κ2) is 12.5. The van der Waals surface area contributed by atoms with Gasteiger partial charge in [-0.2, -0.15) is 18.4 Å². The molecule has 0 saturated carbocycles. The topological polar surface area (TPSA) is 137 Å². The Morgan fingerprint density at radius 3 is 2.61 bits per heavy atom. The van der Waals surface area contributed by atoms with E-state index in [-0.39, 0.29) is 24.6 Å². The van der Waals surface area contributed by atoms with Crippen molar-refractivity contribution in [2.24, 2.45) is 5.73 Å². The maximum atomic E-state index is 13.7. The molecule has 0 radical (unpaired) electrons. The molecule has 4 rings (SSSR count). The van der Waals surface area contributed by atoms with Gasteiger partial charge in [0.1, 0.15) is 6.07 Å². The maximum absolute atomic E-state index is 13.7. The zero-order chi connectivity index (χ0) is 29.6. The summed E-state index contributed by atoms with van der Waals surface area (Å²) in [7, 11) is 0. The van der Waals surface area contributed by atoms with Crippen LogP contribution >= 0.6 is 0 Å². The number of carbonyl (C=O) groups is 1. The number of anilines is 1. The predicted molar refractivity (Wildman–Crippen MR) is 146 cm³/mol. The monoisotopic (exact) mass is 568 g/mol. The zero-order valence-corrected chi connectivity index (χ0v) is 22.5. The molecule has 12 heteroatoms. The highest BCUT2D eigenvalue weighted by molar-refractivity contribution is 5.89. The fourth-order valence-corrected chi connectivity index (χ4v) is 4.99. The molecule has 1 aliphatic rings. The van der Waals surface area contributed by atoms with Crippen LogP contribution in [0.3, 0.4) is 0 Å². The van der Waals surface area contributed by atoms with Crippen molar-refractivity contribution < 1.29 is 27.8 Å². The lowest BCUT2D eigenvalue weighted by atomic mass is 9.72. The van der Waals surface area contributed by atoms with Crippen molar-refractivity contribution in [2.75, 3.05) is 37.7 Å². The summed E-state index contributed by atoms with van der Waals surface area (Å²) in [6.07, 6.45) is -0.693. The van der Waals surface area contributed by atoms with Crippen molar-refractivity contribution in [1.82, 2.24) is 15.3 Å². The number of ether oxygens (including phenoxy) is 1. The number of halogens is 3. The second-order valence-corrected chi connectivity index (χ2v) is 9.78. The summed E-state index contributed by atoms with van der Waals surface area (Å²) >= 11 is 0. The highest BCUT2D eigenvalue weighted by Crippen LogP contribution is 2.40. The smallest absolute Gasteiger partial charge is 0.416 e. The standard InChI is InChI=1S/C29H31F3N6O3/c1-2-41-26-23(4-3-11-35-26)24-7-5-21(16-36-24)28(27(40)37-17-22(34)18-39)9-12-38(13-10-28)25-8-6-20(29(30,31)32)14-19(25)15-33/h3-8,11,14,16,22,39H,2,9-10,12-13,17-18,34H2,1H3,(H,37,40). The zero-order valence-electron chi connectivity index (χ0n) is 22.5. The molecular formula is C29H31F3N6O3. The van der Waals surface area contributed by atoms with Gasteiger partial charge in [0, 0.05) is 38.1 Å². The Morgan fingerprint density at radius 1 is 1.24 bits per heavy atom. The number of hydrogen-bond donors (Lipinski definition) is 3. The van der Waals surface area contributed by atoms with Crippen molar-refractivity contribution in [3.05, 3.63) is 71.5 Å². The minimum Gasteiger partial charge on any atom is -0.477 e. The molecule has 216 valence electrons. The number of benzene rings is 1. The Balaban J connectivity index is 1.64. The molecule has 9 nitrogen and oxygen atoms in total. The van der Waals surface area contributed by atoms with Gasteiger partial charge in [0.25, 0.3) is 0 Å². The van der Waals surface area contributed by atoms with E-state index >= 15 is 0 Å². The predicted octanol–water partition coefficient (Wildman–Crippen LogP) is 3.41. The van der Waals surface area contributed by atoms with Crippen LogP contribution in [-0.4, -0.2) is 59.9 Å². The minimum absolute atomic E-state index is 0.0667. The number of hydrogen-bond acceptors (Lipinski definition) is 8. The lowest BCUT2D eigenvalue weighted by molar-refractivity contribution is -0.137. The van der Waals surface area contributed by atoms with Gasteiger partial charge in [-0.3, -0.25) is 9.78 Å². The van der Waals surface area contributed by atoms with Crippen LogP contribution in [0.25, 0.3) is 11.3 Å². The molecule has 3 heterocycles. The number of aromatic nitrogens is 2. The molecule has 1 saturated heterocycles. The fraction of sp³-hybridized carbons (Fsp3) is 0.379. The number of nitrogens with two attached hydrogens (primary N) is 1. The average Bonchev–Trinajstić information content (AvgIpc) is 2.99. The van der Waals surface area contributed by atoms with Crippen LogP contribution in [0.4, 0.5) is 18.9 Å². The van der Waals surface area contributed by atoms with Crippen molar-refractivity contribution in [1.29, 1.82) is 5.26 Å². The number of piperidine rings is 1. The van der Waals surface area contributed by atoms with Crippen LogP contribution in [0.5, 0.6) is 5.88 Å². The minimum atomic E-state index is -4.56. The summed E-state index contributed by atoms with van der Waals surface area (Å²) in [5.74, 6) is 0.152. The Labute approximate surface area is 235 Å². The third kappa shape index (κ3) is 6.42. The lowest BCUT2D eigenvalue weighted by Crippen LogP contribution is -2.54. The fourth-order valence-electron chi connectivity index (χ4n) is 4.99. The van der Waals surface area contributed by atoms with E-state index in [1.165, 1.54) is 6.07 Å². The molecule has 1 aromatic carbocycles. The second-order valence-electron chi connectivity index (χ2n) is 9.78. The number of nitriles is 1. The first-order valence-electron chi connectivity index (χ1n) is 13.2. The molecule has 1 aliphatic heterocycles. The highest BCUT2D eigenvalue weighted by Gasteiger charge is 2.44. The lowest BCUT2D eigenvalue weighted by Gasteiger charge is -2.42. The Bertz CT molecular complexity index is 1400. The molecule has 0 spiro atoms. The first kappa shape index (κ1) is 29.8. The van der Waals surface area contributed by atoms with E-state index in [0.717, 1.165) is 12.1 Å². The van der Waals surface area contributed by atoms with Crippen LogP contribution in [0.1, 0.15) is 36.5 Å². The summed E-state index contributed by atoms with van der Waals surface area (Å²) < 4.78 is 45.2. The number of alkyl halides is 3. The van der Waals surface area contributed by atoms with Crippen LogP contribution in [0.15, 0.2) is 54.9 Å². The van der Waals surface area contributed by atoms with E-state index in [4.69, 9.17) is 10.5 Å². The number of aliphatic hydroxyl groups is 1. The summed E-state index contributed by atoms with van der Waals surface area (Å²) in [6, 6.07) is 11.6. The summed E-state index contributed by atoms with van der Waals surface area (Å²) in [6.45, 7) is 2.67. The van der Waals surface area contributed by atoms with E-state index in [2.05, 4.69) is 15.3 Å². The van der Waals surface area contributed by atoms with Crippen LogP contribution in [0, 0.1) is 11.3 Å². The molecule has 41 heavy (non-hydrogen) atoms. The Hall–Kier alpha value is -4.21. The number of nitrogens with zero attached hydrogens (tertiary/aromatic N) is 4. The molecule has 1 amide bonds. The van der Waals surface area contributed by atoms with E-state index in [0.29, 0.717) is 60.9 Å². The Morgan fingerprint density at radius 2 is 2.00 bits per heavy atom. The average molecular weight is 569 g/mol. The van der Waals surface area contributed by atoms with Crippen LogP contribution < -0.4 is 20.7 Å². The third-order valence-corrected chi connectivity index (χ3v) is 7.24. The Kier molecular flexibility index (Phi) is 9.10. The SMILES string of the molecule is CCOc1ncccc1-c1ccc(C2(C(=O)NCC(N)CO)CCN(c3ccc(C(F)(F)F)cc3C#N)CC2)cn1. The van der Waals surface area contributed by atoms with Gasteiger partial charge in [0.2, 0.25) is 11.8 Å². The van der Waals surface area contributed by atoms with Gasteiger partial charge in [-0.25, -0.2) is 4.98 Å². The molecule has 0 bridgehead atoms. The van der Waals surface area contributed by atoms with Gasteiger partial charge in [0.15, 0.2) is 0 Å². The van der Waals surface area contributed by atoms with E-state index < -0.39 is 23.2 Å². The van der Waals surface area contributed by atoms with Crippen molar-refractivity contribution >= 4 is 11.6 Å². The molecule has 2 aromatic heterocycles. The molecule has 4 N–H and O–H groups in total.